The number of nitrogens with one attached hydrogen (secondary N) is 1. The summed E-state index contributed by atoms with van der Waals surface area (Å²) in [4.78, 5) is 10.8. The lowest BCUT2D eigenvalue weighted by Gasteiger charge is -2.20. The Balaban J connectivity index is 3.27. The van der Waals surface area contributed by atoms with E-state index in [1.165, 1.54) is 0 Å². The smallest absolute Gasteiger partial charge is 0.323 e. The van der Waals surface area contributed by atoms with E-state index in [1.54, 1.807) is 21.0 Å². The van der Waals surface area contributed by atoms with Gasteiger partial charge in [0.15, 0.2) is 0 Å². The third-order valence-corrected chi connectivity index (χ3v) is 2.15. The first-order chi connectivity index (χ1) is 8.00. The SMILES string of the molecule is COCCOCCOCCNC(C)(C)C(=O)O. The van der Waals surface area contributed by atoms with E-state index in [2.05, 4.69) is 5.32 Å². The largest absolute Gasteiger partial charge is 0.480 e. The first-order valence-electron chi connectivity index (χ1n) is 5.63. The fourth-order valence-electron chi connectivity index (χ4n) is 0.976. The van der Waals surface area contributed by atoms with Crippen LogP contribution in [0.25, 0.3) is 0 Å². The zero-order valence-corrected chi connectivity index (χ0v) is 10.8. The van der Waals surface area contributed by atoms with Crippen molar-refractivity contribution in [2.75, 3.05) is 46.7 Å². The van der Waals surface area contributed by atoms with Crippen LogP contribution in [0.15, 0.2) is 0 Å². The highest BCUT2D eigenvalue weighted by molar-refractivity contribution is 5.77. The minimum absolute atomic E-state index is 0.463. The number of carbonyl (C=O) groups is 1. The van der Waals surface area contributed by atoms with Crippen LogP contribution in [-0.4, -0.2) is 63.3 Å². The van der Waals surface area contributed by atoms with E-state index in [9.17, 15) is 4.79 Å². The van der Waals surface area contributed by atoms with Gasteiger partial charge >= 0.3 is 5.97 Å². The quantitative estimate of drug-likeness (QED) is 0.506. The molecule has 0 aromatic heterocycles. The molecule has 0 fully saturated rings. The molecule has 0 heterocycles. The van der Waals surface area contributed by atoms with Crippen molar-refractivity contribution in [3.05, 3.63) is 0 Å². The Kier molecular flexibility index (Phi) is 8.97. The molecule has 0 aromatic rings. The lowest BCUT2D eigenvalue weighted by Crippen LogP contribution is -2.47. The molecule has 0 spiro atoms. The standard InChI is InChI=1S/C11H23NO5/c1-11(2,10(13)14)12-4-5-16-8-9-17-7-6-15-3/h12H,4-9H2,1-3H3,(H,13,14). The number of methoxy groups -OCH3 is 1. The summed E-state index contributed by atoms with van der Waals surface area (Å²) in [6, 6.07) is 0. The summed E-state index contributed by atoms with van der Waals surface area (Å²) in [5, 5.41) is 11.7. The van der Waals surface area contributed by atoms with Gasteiger partial charge in [0.05, 0.1) is 33.0 Å². The number of ether oxygens (including phenoxy) is 3. The molecule has 0 amide bonds. The van der Waals surface area contributed by atoms with Crippen LogP contribution in [0.3, 0.4) is 0 Å². The highest BCUT2D eigenvalue weighted by Crippen LogP contribution is 2.00. The van der Waals surface area contributed by atoms with Crippen molar-refractivity contribution in [3.63, 3.8) is 0 Å². The maximum atomic E-state index is 10.8. The molecule has 0 saturated heterocycles. The molecule has 0 radical (unpaired) electrons. The molecule has 6 nitrogen and oxygen atoms in total. The van der Waals surface area contributed by atoms with Gasteiger partial charge < -0.3 is 24.6 Å². The lowest BCUT2D eigenvalue weighted by molar-refractivity contribution is -0.143. The Morgan fingerprint density at radius 3 is 2.18 bits per heavy atom. The summed E-state index contributed by atoms with van der Waals surface area (Å²) in [7, 11) is 1.62. The second-order valence-electron chi connectivity index (χ2n) is 4.07. The van der Waals surface area contributed by atoms with E-state index in [0.29, 0.717) is 39.6 Å². The van der Waals surface area contributed by atoms with Crippen LogP contribution in [0.4, 0.5) is 0 Å². The predicted molar refractivity (Wildman–Crippen MR) is 63.2 cm³/mol. The molecule has 102 valence electrons. The van der Waals surface area contributed by atoms with Crippen LogP contribution >= 0.6 is 0 Å². The number of hydrogen-bond donors (Lipinski definition) is 2. The summed E-state index contributed by atoms with van der Waals surface area (Å²) in [6.45, 7) is 6.34. The number of hydrogen-bond acceptors (Lipinski definition) is 5. The van der Waals surface area contributed by atoms with Crippen molar-refractivity contribution in [2.45, 2.75) is 19.4 Å². The molecule has 0 unspecified atom stereocenters. The lowest BCUT2D eigenvalue weighted by atomic mass is 10.1. The van der Waals surface area contributed by atoms with E-state index in [0.717, 1.165) is 0 Å². The van der Waals surface area contributed by atoms with Crippen molar-refractivity contribution in [3.8, 4) is 0 Å². The molecule has 6 heteroatoms. The van der Waals surface area contributed by atoms with Gasteiger partial charge in [0.1, 0.15) is 5.54 Å². The highest BCUT2D eigenvalue weighted by Gasteiger charge is 2.25. The average Bonchev–Trinajstić information content (AvgIpc) is 2.26. The number of rotatable bonds is 11. The van der Waals surface area contributed by atoms with Crippen LogP contribution in [0.2, 0.25) is 0 Å². The number of carboxylic acid groups (broad SMARTS) is 1. The summed E-state index contributed by atoms with van der Waals surface area (Å²) >= 11 is 0. The monoisotopic (exact) mass is 249 g/mol. The molecule has 0 rings (SSSR count). The highest BCUT2D eigenvalue weighted by atomic mass is 16.5. The van der Waals surface area contributed by atoms with Crippen LogP contribution in [0, 0.1) is 0 Å². The van der Waals surface area contributed by atoms with Crippen LogP contribution in [0.5, 0.6) is 0 Å². The normalized spacial score (nSPS) is 11.7. The number of carboxylic acids is 1. The van der Waals surface area contributed by atoms with Gasteiger partial charge in [-0.05, 0) is 13.8 Å². The van der Waals surface area contributed by atoms with Crippen molar-refractivity contribution < 1.29 is 24.1 Å². The molecular formula is C11H23NO5. The summed E-state index contributed by atoms with van der Waals surface area (Å²) in [6.07, 6.45) is 0. The van der Waals surface area contributed by atoms with Gasteiger partial charge in [0.2, 0.25) is 0 Å². The molecule has 0 aliphatic rings. The van der Waals surface area contributed by atoms with Gasteiger partial charge in [-0.2, -0.15) is 0 Å². The minimum Gasteiger partial charge on any atom is -0.480 e. The minimum atomic E-state index is -0.918. The second kappa shape index (κ2) is 9.35. The first kappa shape index (κ1) is 16.3. The van der Waals surface area contributed by atoms with Gasteiger partial charge in [-0.25, -0.2) is 0 Å². The number of aliphatic carboxylic acids is 1. The van der Waals surface area contributed by atoms with E-state index < -0.39 is 11.5 Å². The molecule has 0 bridgehead atoms. The molecular weight excluding hydrogens is 226 g/mol. The maximum Gasteiger partial charge on any atom is 0.323 e. The summed E-state index contributed by atoms with van der Waals surface area (Å²) in [5.74, 6) is -0.875. The zero-order chi connectivity index (χ0) is 13.1. The first-order valence-corrected chi connectivity index (χ1v) is 5.63. The predicted octanol–water partition coefficient (Wildman–Crippen LogP) is 0.119. The van der Waals surface area contributed by atoms with Crippen LogP contribution in [0.1, 0.15) is 13.8 Å². The van der Waals surface area contributed by atoms with E-state index in [4.69, 9.17) is 19.3 Å². The topological polar surface area (TPSA) is 77.0 Å². The molecule has 0 aliphatic heterocycles. The Morgan fingerprint density at radius 2 is 1.65 bits per heavy atom. The van der Waals surface area contributed by atoms with E-state index >= 15 is 0 Å². The van der Waals surface area contributed by atoms with Gasteiger partial charge in [-0.1, -0.05) is 0 Å². The summed E-state index contributed by atoms with van der Waals surface area (Å²) in [5.41, 5.74) is -0.918. The maximum absolute atomic E-state index is 10.8. The van der Waals surface area contributed by atoms with Crippen LogP contribution < -0.4 is 5.32 Å². The Bertz CT molecular complexity index is 208. The van der Waals surface area contributed by atoms with Gasteiger partial charge in [0, 0.05) is 13.7 Å². The molecule has 0 aromatic carbocycles. The Labute approximate surface area is 102 Å². The van der Waals surface area contributed by atoms with Gasteiger partial charge in [-0.15, -0.1) is 0 Å². The van der Waals surface area contributed by atoms with Crippen LogP contribution in [-0.2, 0) is 19.0 Å². The molecule has 17 heavy (non-hydrogen) atoms. The Morgan fingerprint density at radius 1 is 1.12 bits per heavy atom. The molecule has 0 atom stereocenters. The van der Waals surface area contributed by atoms with E-state index in [1.807, 2.05) is 0 Å². The second-order valence-corrected chi connectivity index (χ2v) is 4.07. The molecule has 0 aliphatic carbocycles. The van der Waals surface area contributed by atoms with Gasteiger partial charge in [0.25, 0.3) is 0 Å². The molecule has 2 N–H and O–H groups in total. The van der Waals surface area contributed by atoms with E-state index in [-0.39, 0.29) is 0 Å². The van der Waals surface area contributed by atoms with Gasteiger partial charge in [-0.3, -0.25) is 4.79 Å². The van der Waals surface area contributed by atoms with Crippen molar-refractivity contribution in [1.82, 2.24) is 5.32 Å². The van der Waals surface area contributed by atoms with Crippen molar-refractivity contribution in [2.24, 2.45) is 0 Å². The zero-order valence-electron chi connectivity index (χ0n) is 10.8. The van der Waals surface area contributed by atoms with Crippen molar-refractivity contribution in [1.29, 1.82) is 0 Å². The average molecular weight is 249 g/mol. The fraction of sp³-hybridized carbons (Fsp3) is 0.909. The van der Waals surface area contributed by atoms with Crippen molar-refractivity contribution >= 4 is 5.97 Å². The molecule has 0 saturated carbocycles. The third kappa shape index (κ3) is 9.05. The fourth-order valence-corrected chi connectivity index (χ4v) is 0.976. The third-order valence-electron chi connectivity index (χ3n) is 2.15. The Hall–Kier alpha value is -0.690. The summed E-state index contributed by atoms with van der Waals surface area (Å²) < 4.78 is 15.3.